The van der Waals surface area contributed by atoms with Crippen LogP contribution in [0.15, 0.2) is 209 Å². The lowest BCUT2D eigenvalue weighted by molar-refractivity contribution is -0.126. The predicted octanol–water partition coefficient (Wildman–Crippen LogP) is 12.6. The van der Waals surface area contributed by atoms with E-state index in [0.717, 1.165) is 36.1 Å². The fourth-order valence-corrected chi connectivity index (χ4v) is 13.9. The molecule has 27 heteroatoms. The number of nitrogens with zero attached hydrogens (tertiary/aromatic N) is 7. The Kier molecular flexibility index (Phi) is 31.5. The van der Waals surface area contributed by atoms with Gasteiger partial charge < -0.3 is 50.7 Å². The van der Waals surface area contributed by atoms with Gasteiger partial charge in [0.1, 0.15) is 40.4 Å². The molecule has 8 N–H and O–H groups in total. The van der Waals surface area contributed by atoms with E-state index in [9.17, 15) is 47.4 Å². The molecular formula is C78H107F4N11O12. The number of halogens is 4. The van der Waals surface area contributed by atoms with Crippen LogP contribution in [0.5, 0.6) is 5.75 Å². The van der Waals surface area contributed by atoms with Gasteiger partial charge in [-0.05, 0) is 92.0 Å². The molecule has 574 valence electrons. The summed E-state index contributed by atoms with van der Waals surface area (Å²) in [5.74, 6) is 0.0911. The van der Waals surface area contributed by atoms with Crippen LogP contribution in [-0.2, 0) is 24.5 Å². The molecule has 4 fully saturated rings. The quantitative estimate of drug-likeness (QED) is 0.0209. The molecule has 4 aliphatic heterocycles. The van der Waals surface area contributed by atoms with Crippen LogP contribution in [0.3, 0.4) is 0 Å². The lowest BCUT2D eigenvalue weighted by Gasteiger charge is -2.37. The second-order valence-electron chi connectivity index (χ2n) is 25.5. The van der Waals surface area contributed by atoms with Crippen molar-refractivity contribution in [1.82, 2.24) is 38.2 Å². The zero-order chi connectivity index (χ0) is 73.8. The highest BCUT2D eigenvalue weighted by Gasteiger charge is 2.57. The largest absolute Gasteiger partial charge is 0.497 e. The summed E-state index contributed by atoms with van der Waals surface area (Å²) in [7, 11) is 1.63. The fourth-order valence-electron chi connectivity index (χ4n) is 13.9. The molecule has 16 atom stereocenters. The highest BCUT2D eigenvalue weighted by Crippen LogP contribution is 2.50. The summed E-state index contributed by atoms with van der Waals surface area (Å²) in [4.78, 5) is 73.4. The zero-order valence-electron chi connectivity index (χ0n) is 57.7. The number of ether oxygens (including phenoxy) is 5. The number of hydrogen-bond donors (Lipinski definition) is 6. The molecule has 0 unspecified atom stereocenters. The Bertz CT molecular complexity index is 4140. The Morgan fingerprint density at radius 1 is 0.524 bits per heavy atom. The van der Waals surface area contributed by atoms with Gasteiger partial charge in [-0.25, -0.2) is 36.7 Å². The molecule has 11 rings (SSSR count). The monoisotopic (exact) mass is 1470 g/mol. The van der Waals surface area contributed by atoms with E-state index in [1.165, 1.54) is 47.4 Å². The van der Waals surface area contributed by atoms with E-state index in [1.54, 1.807) is 51.4 Å². The Hall–Kier alpha value is -9.38. The molecule has 4 saturated heterocycles. The first-order valence-electron chi connectivity index (χ1n) is 33.4. The zero-order valence-corrected chi connectivity index (χ0v) is 57.7. The smallest absolute Gasteiger partial charge is 0.351 e. The number of hydrogen-bond acceptors (Lipinski definition) is 18. The molecule has 0 radical (unpaired) electrons. The molecule has 0 bridgehead atoms. The van der Waals surface area contributed by atoms with Gasteiger partial charge in [0.2, 0.25) is 0 Å². The second kappa shape index (κ2) is 37.5. The molecular weight excluding hydrogens is 1360 g/mol. The van der Waals surface area contributed by atoms with E-state index in [-0.39, 0.29) is 59.6 Å². The molecule has 3 aromatic carbocycles. The minimum atomic E-state index is -1.88. The average Bonchev–Trinajstić information content (AvgIpc) is 1.45. The number of aliphatic hydroxyl groups excluding tert-OH is 2. The second-order valence-corrected chi connectivity index (χ2v) is 25.5. The van der Waals surface area contributed by atoms with Crippen molar-refractivity contribution in [3.63, 3.8) is 0 Å². The van der Waals surface area contributed by atoms with Crippen LogP contribution in [0.2, 0.25) is 0 Å². The van der Waals surface area contributed by atoms with E-state index in [1.807, 2.05) is 113 Å². The number of rotatable bonds is 22. The van der Waals surface area contributed by atoms with Gasteiger partial charge in [0.05, 0.1) is 30.5 Å². The van der Waals surface area contributed by atoms with Crippen molar-refractivity contribution in [3.05, 3.63) is 254 Å². The van der Waals surface area contributed by atoms with Crippen LogP contribution in [-0.4, -0.2) is 115 Å². The van der Waals surface area contributed by atoms with Crippen molar-refractivity contribution in [3.8, 4) is 5.75 Å². The standard InChI is InChI=1S/C34H36FN3O3.C14H20FN3O2.C14H19FN2O3.C12H16FN3O4.4CH4/c1-5-22-33(6-2)24(3)30(35)31(41-33)38-23-21-29(36-32(38)39)37-34(25-13-9-7-10-14-25,26-15-11-8-12-16-26)27-17-19-28(40-4)20-18-27;1-4-7-14(5-2)9(3)11(15)12(20-14)18-8-6-10(16)17-13(18)19;1-4-7-14(5-2)9(3)11(15)12(20-14)17-8-6-10(18)16-13(17)19;1-2-4-12(6-17)9(18)8(13)10(20-12)16-5-3-7(14)15-11(16)19;;;;/h5,7-21,23-24,30-31H,1,6,22H2,2-4H3,(H,36,37,39);4,6,8-9,11-12H,1,5,7H2,2-3H3,(H2,16,17,19);4,6,8-9,11-12H,1,5,7H2,2-3H3,(H,16,18,19);2-3,5,8-10,17-18H,1,4,6H2,(H2,14,15,19);4*1H4/t24-,30+,31+,33-;2*9-,11+,12+,14-;8-,9+,10-,12-;;;;/m0001..../s1. The number of aromatic amines is 1. The SMILES string of the molecule is C.C.C.C.C=CC[C@]1(CC)O[C@@H](n2ccc(=O)[nH]c2=O)[C@H](F)[C@@H]1C.C=CC[C@]1(CC)O[C@@H](n2ccc(N)nc2=O)[C@H](F)[C@@H]1C.C=CC[C@]1(CC)O[C@@H](n2ccc(NC(c3ccccc3)(c3ccccc3)c3ccc(OC)cc3)nc2=O)[C@H](F)[C@@H]1C.C=CC[C@]1(CO)O[C@@H](n2ccc(N)nc2=O)[C@H](F)[C@@H]1O. The molecule has 0 saturated carbocycles. The Labute approximate surface area is 612 Å². The average molecular weight is 1470 g/mol. The summed E-state index contributed by atoms with van der Waals surface area (Å²) < 4.78 is 92.2. The van der Waals surface area contributed by atoms with Gasteiger partial charge in [0, 0.05) is 48.6 Å². The summed E-state index contributed by atoms with van der Waals surface area (Å²) in [6.45, 7) is 25.3. The third-order valence-electron chi connectivity index (χ3n) is 20.0. The molecule has 8 heterocycles. The highest BCUT2D eigenvalue weighted by molar-refractivity contribution is 5.58. The Balaban J connectivity index is 0.000000312. The van der Waals surface area contributed by atoms with Crippen molar-refractivity contribution in [2.24, 2.45) is 17.8 Å². The van der Waals surface area contributed by atoms with Gasteiger partial charge in [-0.2, -0.15) is 15.0 Å². The number of benzene rings is 3. The van der Waals surface area contributed by atoms with Crippen molar-refractivity contribution in [2.45, 2.75) is 200 Å². The maximum Gasteiger partial charge on any atom is 0.351 e. The third kappa shape index (κ3) is 17.8. The first kappa shape index (κ1) is 88.0. The first-order valence-corrected chi connectivity index (χ1v) is 33.4. The molecule has 4 aliphatic rings. The number of nitrogens with one attached hydrogen (secondary N) is 2. The topological polar surface area (TPSA) is 310 Å². The van der Waals surface area contributed by atoms with Crippen LogP contribution in [0.25, 0.3) is 0 Å². The minimum absolute atomic E-state index is 0. The number of H-pyrrole nitrogens is 1. The molecule has 0 aliphatic carbocycles. The van der Waals surface area contributed by atoms with Gasteiger partial charge in [0.15, 0.2) is 49.6 Å². The van der Waals surface area contributed by atoms with Crippen LogP contribution in [0, 0.1) is 17.8 Å². The molecule has 23 nitrogen and oxygen atoms in total. The summed E-state index contributed by atoms with van der Waals surface area (Å²) in [6, 6.07) is 33.5. The summed E-state index contributed by atoms with van der Waals surface area (Å²) >= 11 is 0. The van der Waals surface area contributed by atoms with E-state index in [0.29, 0.717) is 44.3 Å². The Morgan fingerprint density at radius 2 is 0.867 bits per heavy atom. The summed E-state index contributed by atoms with van der Waals surface area (Å²) in [5.41, 5.74) is 6.03. The fraction of sp³-hybridized carbons (Fsp3) is 0.462. The lowest BCUT2D eigenvalue weighted by atomic mass is 9.77. The molecule has 0 spiro atoms. The number of methoxy groups -OCH3 is 1. The predicted molar refractivity (Wildman–Crippen MR) is 404 cm³/mol. The van der Waals surface area contributed by atoms with Gasteiger partial charge in [0.25, 0.3) is 5.56 Å². The van der Waals surface area contributed by atoms with Gasteiger partial charge in [-0.1, -0.05) is 168 Å². The van der Waals surface area contributed by atoms with E-state index >= 15 is 4.39 Å². The van der Waals surface area contributed by atoms with Crippen molar-refractivity contribution < 1.29 is 51.5 Å². The normalized spacial score (nSPS) is 27.7. The number of aliphatic hydroxyl groups is 2. The van der Waals surface area contributed by atoms with Gasteiger partial charge in [-0.3, -0.25) is 28.0 Å². The summed E-state index contributed by atoms with van der Waals surface area (Å²) in [5, 5.41) is 22.9. The third-order valence-corrected chi connectivity index (χ3v) is 20.0. The summed E-state index contributed by atoms with van der Waals surface area (Å²) in [6.07, 6.45) is 3.68. The number of alkyl halides is 4. The van der Waals surface area contributed by atoms with Crippen LogP contribution in [0.4, 0.5) is 35.0 Å². The van der Waals surface area contributed by atoms with E-state index in [2.05, 4.69) is 51.6 Å². The van der Waals surface area contributed by atoms with Crippen LogP contribution < -0.4 is 49.8 Å². The maximum atomic E-state index is 15.6. The van der Waals surface area contributed by atoms with Gasteiger partial charge >= 0.3 is 22.8 Å². The number of anilines is 3. The minimum Gasteiger partial charge on any atom is -0.497 e. The van der Waals surface area contributed by atoms with Crippen molar-refractivity contribution in [1.29, 1.82) is 0 Å². The molecule has 0 amide bonds. The lowest BCUT2D eigenvalue weighted by Crippen LogP contribution is -2.45. The van der Waals surface area contributed by atoms with Crippen molar-refractivity contribution >= 4 is 17.5 Å². The maximum absolute atomic E-state index is 15.6. The van der Waals surface area contributed by atoms with E-state index in [4.69, 9.17) is 35.2 Å². The first-order chi connectivity index (χ1) is 48.2. The Morgan fingerprint density at radius 3 is 1.22 bits per heavy atom. The number of nitrogens with two attached hydrogens (primary N) is 2. The van der Waals surface area contributed by atoms with Crippen LogP contribution >= 0.6 is 0 Å². The molecule has 105 heavy (non-hydrogen) atoms. The van der Waals surface area contributed by atoms with Crippen LogP contribution in [0.1, 0.15) is 158 Å². The highest BCUT2D eigenvalue weighted by atomic mass is 19.1. The molecule has 7 aromatic rings. The van der Waals surface area contributed by atoms with E-state index < -0.39 is 124 Å². The number of aromatic nitrogens is 8. The number of nitrogen functional groups attached to an aromatic ring is 2. The van der Waals surface area contributed by atoms with Gasteiger partial charge in [-0.15, -0.1) is 26.3 Å². The molecule has 4 aromatic heterocycles. The van der Waals surface area contributed by atoms with Crippen molar-refractivity contribution in [2.75, 3.05) is 30.5 Å².